The van der Waals surface area contributed by atoms with Crippen LogP contribution in [0.25, 0.3) is 11.3 Å². The molecule has 10 heteroatoms. The van der Waals surface area contributed by atoms with E-state index in [2.05, 4.69) is 10.5 Å². The van der Waals surface area contributed by atoms with E-state index in [0.717, 1.165) is 36.0 Å². The minimum absolute atomic E-state index is 0.0150. The Morgan fingerprint density at radius 3 is 2.73 bits per heavy atom. The second kappa shape index (κ2) is 11.2. The third-order valence-electron chi connectivity index (χ3n) is 8.24. The second-order valence-electron chi connectivity index (χ2n) is 10.9. The summed E-state index contributed by atoms with van der Waals surface area (Å²) in [6.07, 6.45) is 3.53. The number of hydrogen-bond acceptors (Lipinski definition) is 7. The summed E-state index contributed by atoms with van der Waals surface area (Å²) in [5.41, 5.74) is 3.73. The number of carbonyl (C=O) groups is 4. The first-order valence-corrected chi connectivity index (χ1v) is 14.1. The van der Waals surface area contributed by atoms with E-state index in [4.69, 9.17) is 9.26 Å². The Morgan fingerprint density at radius 2 is 1.93 bits per heavy atom. The van der Waals surface area contributed by atoms with Gasteiger partial charge in [0, 0.05) is 36.2 Å². The van der Waals surface area contributed by atoms with Crippen molar-refractivity contribution >= 4 is 23.6 Å². The van der Waals surface area contributed by atoms with Gasteiger partial charge in [-0.2, -0.15) is 0 Å². The number of rotatable bonds is 7. The number of hydrogen-bond donors (Lipinski definition) is 1. The van der Waals surface area contributed by atoms with Crippen LogP contribution in [0.15, 0.2) is 53.1 Å². The Bertz CT molecular complexity index is 1500. The second-order valence-corrected chi connectivity index (χ2v) is 10.9. The first kappa shape index (κ1) is 26.7. The number of benzene rings is 2. The summed E-state index contributed by atoms with van der Waals surface area (Å²) in [6.45, 7) is 3.12. The van der Waals surface area contributed by atoms with Gasteiger partial charge in [-0.3, -0.25) is 24.5 Å². The highest BCUT2D eigenvalue weighted by Crippen LogP contribution is 2.31. The van der Waals surface area contributed by atoms with Crippen LogP contribution in [0.3, 0.4) is 0 Å². The number of piperidine rings is 2. The van der Waals surface area contributed by atoms with Gasteiger partial charge in [0.2, 0.25) is 17.7 Å². The Hall–Kier alpha value is -4.47. The molecule has 4 heterocycles. The molecule has 2 fully saturated rings. The molecule has 6 rings (SSSR count). The number of aromatic nitrogens is 1. The Balaban J connectivity index is 1.11. The van der Waals surface area contributed by atoms with Crippen molar-refractivity contribution in [3.05, 3.63) is 71.0 Å². The predicted octanol–water partition coefficient (Wildman–Crippen LogP) is 3.41. The van der Waals surface area contributed by atoms with E-state index in [-0.39, 0.29) is 43.1 Å². The predicted molar refractivity (Wildman–Crippen MR) is 148 cm³/mol. The maximum absolute atomic E-state index is 13.5. The van der Waals surface area contributed by atoms with Crippen molar-refractivity contribution in [2.24, 2.45) is 0 Å². The van der Waals surface area contributed by atoms with Gasteiger partial charge >= 0.3 is 0 Å². The molecule has 0 aliphatic carbocycles. The number of imide groups is 1. The highest BCUT2D eigenvalue weighted by atomic mass is 16.5. The molecule has 3 aromatic rings. The highest BCUT2D eigenvalue weighted by Gasteiger charge is 2.39. The van der Waals surface area contributed by atoms with E-state index >= 15 is 0 Å². The molecule has 1 aromatic heterocycles. The molecule has 1 N–H and O–H groups in total. The largest absolute Gasteiger partial charge is 0.491 e. The number of amides is 4. The van der Waals surface area contributed by atoms with Crippen molar-refractivity contribution in [2.75, 3.05) is 13.2 Å². The summed E-state index contributed by atoms with van der Waals surface area (Å²) in [7, 11) is 0. The topological polar surface area (TPSA) is 122 Å². The third-order valence-corrected chi connectivity index (χ3v) is 8.24. The molecular weight excluding hydrogens is 524 g/mol. The molecule has 3 aliphatic rings. The highest BCUT2D eigenvalue weighted by molar-refractivity contribution is 6.05. The minimum atomic E-state index is -0.657. The van der Waals surface area contributed by atoms with Crippen molar-refractivity contribution in [3.63, 3.8) is 0 Å². The number of nitrogens with zero attached hydrogens (tertiary/aromatic N) is 3. The molecule has 2 saturated heterocycles. The Kier molecular flexibility index (Phi) is 7.30. The number of ether oxygens (including phenoxy) is 1. The average Bonchev–Trinajstić information content (AvgIpc) is 3.51. The number of aryl methyl sites for hydroxylation is 1. The van der Waals surface area contributed by atoms with E-state index in [1.54, 1.807) is 12.1 Å². The first-order chi connectivity index (χ1) is 19.9. The molecule has 2 unspecified atom stereocenters. The summed E-state index contributed by atoms with van der Waals surface area (Å²) >= 11 is 0. The molecule has 2 atom stereocenters. The van der Waals surface area contributed by atoms with Gasteiger partial charge in [-0.1, -0.05) is 35.5 Å². The van der Waals surface area contributed by atoms with Crippen LogP contribution in [0, 0.1) is 6.92 Å². The third kappa shape index (κ3) is 5.33. The van der Waals surface area contributed by atoms with Crippen LogP contribution in [0.4, 0.5) is 0 Å². The zero-order chi connectivity index (χ0) is 28.5. The normalized spacial score (nSPS) is 20.7. The van der Waals surface area contributed by atoms with Crippen molar-refractivity contribution in [2.45, 2.75) is 64.1 Å². The average molecular weight is 557 g/mol. The van der Waals surface area contributed by atoms with E-state index in [0.29, 0.717) is 42.3 Å². The summed E-state index contributed by atoms with van der Waals surface area (Å²) in [4.78, 5) is 53.8. The lowest BCUT2D eigenvalue weighted by molar-refractivity contribution is -0.137. The number of likely N-dealkylation sites (tertiary alicyclic amines) is 1. The number of fused-ring (bicyclic) bond motifs is 1. The van der Waals surface area contributed by atoms with Gasteiger partial charge in [-0.05, 0) is 56.4 Å². The molecule has 10 nitrogen and oxygen atoms in total. The van der Waals surface area contributed by atoms with Gasteiger partial charge in [0.05, 0.1) is 12.5 Å². The lowest BCUT2D eigenvalue weighted by Gasteiger charge is -2.35. The van der Waals surface area contributed by atoms with Gasteiger partial charge in [-0.25, -0.2) is 0 Å². The van der Waals surface area contributed by atoms with Gasteiger partial charge in [-0.15, -0.1) is 0 Å². The van der Waals surface area contributed by atoms with Crippen LogP contribution < -0.4 is 10.1 Å². The molecule has 0 radical (unpaired) electrons. The van der Waals surface area contributed by atoms with Gasteiger partial charge < -0.3 is 19.1 Å². The maximum Gasteiger partial charge on any atom is 0.255 e. The van der Waals surface area contributed by atoms with E-state index in [9.17, 15) is 19.2 Å². The Morgan fingerprint density at radius 1 is 1.10 bits per heavy atom. The van der Waals surface area contributed by atoms with Crippen LogP contribution >= 0.6 is 0 Å². The zero-order valence-electron chi connectivity index (χ0n) is 22.9. The lowest BCUT2D eigenvalue weighted by Crippen LogP contribution is -2.52. The molecule has 2 aromatic carbocycles. The fourth-order valence-electron chi connectivity index (χ4n) is 6.01. The van der Waals surface area contributed by atoms with Crippen LogP contribution in [0.1, 0.15) is 59.3 Å². The molecule has 0 spiro atoms. The van der Waals surface area contributed by atoms with Crippen LogP contribution in [-0.4, -0.2) is 63.8 Å². The maximum atomic E-state index is 13.5. The number of nitrogens with one attached hydrogen (secondary N) is 1. The SMILES string of the molecule is Cc1onc(-c2ccccc2)c1CC(=O)N1CCCCC1COc1ccc2c(c1)CN(C1CCC(=O)NC1=O)C2=O. The smallest absolute Gasteiger partial charge is 0.255 e. The fourth-order valence-corrected chi connectivity index (χ4v) is 6.01. The molecule has 0 saturated carbocycles. The van der Waals surface area contributed by atoms with Crippen LogP contribution in [0.5, 0.6) is 5.75 Å². The first-order valence-electron chi connectivity index (χ1n) is 14.1. The summed E-state index contributed by atoms with van der Waals surface area (Å²) in [5, 5.41) is 6.55. The monoisotopic (exact) mass is 556 g/mol. The van der Waals surface area contributed by atoms with Gasteiger partial charge in [0.15, 0.2) is 0 Å². The molecular formula is C31H32N4O6. The van der Waals surface area contributed by atoms with Crippen molar-refractivity contribution in [1.29, 1.82) is 0 Å². The summed E-state index contributed by atoms with van der Waals surface area (Å²) < 4.78 is 11.6. The summed E-state index contributed by atoms with van der Waals surface area (Å²) in [5.74, 6) is 0.305. The van der Waals surface area contributed by atoms with Crippen LogP contribution in [-0.2, 0) is 27.3 Å². The van der Waals surface area contributed by atoms with E-state index in [1.807, 2.05) is 48.2 Å². The van der Waals surface area contributed by atoms with E-state index in [1.165, 1.54) is 4.90 Å². The van der Waals surface area contributed by atoms with E-state index < -0.39 is 11.9 Å². The minimum Gasteiger partial charge on any atom is -0.491 e. The van der Waals surface area contributed by atoms with Crippen LogP contribution in [0.2, 0.25) is 0 Å². The molecule has 41 heavy (non-hydrogen) atoms. The van der Waals surface area contributed by atoms with Crippen molar-refractivity contribution in [1.82, 2.24) is 20.3 Å². The quantitative estimate of drug-likeness (QED) is 0.443. The van der Waals surface area contributed by atoms with Gasteiger partial charge in [0.1, 0.15) is 29.9 Å². The lowest BCUT2D eigenvalue weighted by atomic mass is 9.99. The summed E-state index contributed by atoms with van der Waals surface area (Å²) in [6, 6.07) is 14.3. The molecule has 3 aliphatic heterocycles. The van der Waals surface area contributed by atoms with Gasteiger partial charge in [0.25, 0.3) is 5.91 Å². The molecule has 212 valence electrons. The fraction of sp³-hybridized carbons (Fsp3) is 0.387. The molecule has 0 bridgehead atoms. The molecule has 4 amide bonds. The number of carbonyl (C=O) groups excluding carboxylic acids is 4. The van der Waals surface area contributed by atoms with Crippen molar-refractivity contribution < 1.29 is 28.4 Å². The Labute approximate surface area is 237 Å². The van der Waals surface area contributed by atoms with Crippen molar-refractivity contribution in [3.8, 4) is 17.0 Å². The standard InChI is InChI=1S/C31H32N4O6/c1-19-25(29(33-41-19)20-7-3-2-4-8-20)16-28(37)34-14-6-5-9-22(34)18-40-23-10-11-24-21(15-23)17-35(31(24)39)26-12-13-27(36)32-30(26)38/h2-4,7-8,10-11,15,22,26H,5-6,9,12-14,16-18H2,1H3,(H,32,36,38). The zero-order valence-corrected chi connectivity index (χ0v) is 22.9.